The topological polar surface area (TPSA) is 45.7 Å². The van der Waals surface area contributed by atoms with Gasteiger partial charge in [0.25, 0.3) is 5.91 Å². The lowest BCUT2D eigenvalue weighted by molar-refractivity contribution is 0.0751. The molecule has 1 amide bonds. The molecule has 26 heavy (non-hydrogen) atoms. The first-order valence-electron chi connectivity index (χ1n) is 8.47. The summed E-state index contributed by atoms with van der Waals surface area (Å²) >= 11 is 6.58. The highest BCUT2D eigenvalue weighted by molar-refractivity contribution is 9.11. The summed E-state index contributed by atoms with van der Waals surface area (Å²) in [6.07, 6.45) is 0. The monoisotopic (exact) mass is 451 g/mol. The smallest absolute Gasteiger partial charge is 0.264 e. The number of nitrogens with zero attached hydrogens (tertiary/aromatic N) is 3. The summed E-state index contributed by atoms with van der Waals surface area (Å²) in [5.74, 6) is 0.952. The van der Waals surface area contributed by atoms with E-state index in [0.717, 1.165) is 42.9 Å². The molecule has 1 aliphatic heterocycles. The molecule has 0 atom stereocenters. The first kappa shape index (κ1) is 17.8. The highest BCUT2D eigenvalue weighted by Crippen LogP contribution is 2.34. The van der Waals surface area contributed by atoms with Crippen LogP contribution < -0.4 is 9.64 Å². The second kappa shape index (κ2) is 7.54. The number of para-hydroxylation sites is 1. The van der Waals surface area contributed by atoms with Gasteiger partial charge in [0.1, 0.15) is 11.3 Å². The van der Waals surface area contributed by atoms with Gasteiger partial charge in [0.05, 0.1) is 20.0 Å². The zero-order chi connectivity index (χ0) is 18.1. The van der Waals surface area contributed by atoms with Gasteiger partial charge in [0.2, 0.25) is 0 Å². The number of ether oxygens (including phenoxy) is 1. The Morgan fingerprint density at radius 1 is 1.19 bits per heavy atom. The number of amides is 1. The number of hydrogen-bond acceptors (Lipinski definition) is 6. The second-order valence-electron chi connectivity index (χ2n) is 5.92. The first-order valence-corrected chi connectivity index (χ1v) is 10.9. The Balaban J connectivity index is 1.47. The Labute approximate surface area is 168 Å². The summed E-state index contributed by atoms with van der Waals surface area (Å²) in [5, 5.41) is 0.998. The Morgan fingerprint density at radius 2 is 2.00 bits per heavy atom. The minimum atomic E-state index is 0.114. The lowest BCUT2D eigenvalue weighted by atomic mass is 10.3. The quantitative estimate of drug-likeness (QED) is 0.586. The van der Waals surface area contributed by atoms with Crippen LogP contribution in [0, 0.1) is 0 Å². The van der Waals surface area contributed by atoms with Gasteiger partial charge in [-0.25, -0.2) is 4.98 Å². The number of benzene rings is 1. The molecular weight excluding hydrogens is 434 g/mol. The molecule has 8 heteroatoms. The van der Waals surface area contributed by atoms with Crippen molar-refractivity contribution < 1.29 is 9.53 Å². The standard InChI is InChI=1S/C18H18BrN3O2S2/c1-2-24-12-4-3-5-13-16(12)20-18(26-13)22-10-8-21(9-11-22)17(23)14-6-7-15(19)25-14/h3-7H,2,8-11H2,1H3. The molecule has 5 nitrogen and oxygen atoms in total. The first-order chi connectivity index (χ1) is 12.7. The number of carbonyl (C=O) groups is 1. The van der Waals surface area contributed by atoms with Crippen LogP contribution in [0.1, 0.15) is 16.6 Å². The van der Waals surface area contributed by atoms with Crippen LogP contribution in [0.4, 0.5) is 5.13 Å². The molecule has 0 radical (unpaired) electrons. The molecule has 1 aromatic carbocycles. The van der Waals surface area contributed by atoms with Crippen molar-refractivity contribution in [3.05, 3.63) is 39.0 Å². The third-order valence-electron chi connectivity index (χ3n) is 4.29. The summed E-state index contributed by atoms with van der Waals surface area (Å²) in [7, 11) is 0. The average molecular weight is 452 g/mol. The Hall–Kier alpha value is -1.64. The van der Waals surface area contributed by atoms with E-state index in [1.807, 2.05) is 36.1 Å². The fraction of sp³-hybridized carbons (Fsp3) is 0.333. The number of thiazole rings is 1. The van der Waals surface area contributed by atoms with Gasteiger partial charge in [-0.1, -0.05) is 17.4 Å². The van der Waals surface area contributed by atoms with E-state index in [0.29, 0.717) is 19.7 Å². The lowest BCUT2D eigenvalue weighted by Gasteiger charge is -2.34. The number of hydrogen-bond donors (Lipinski definition) is 0. The predicted octanol–water partition coefficient (Wildman–Crippen LogP) is 4.48. The fourth-order valence-corrected chi connectivity index (χ4v) is 5.39. The SMILES string of the molecule is CCOc1cccc2sc(N3CCN(C(=O)c4ccc(Br)s4)CC3)nc12. The molecule has 3 heterocycles. The maximum atomic E-state index is 12.6. The van der Waals surface area contributed by atoms with Gasteiger partial charge in [-0.2, -0.15) is 0 Å². The minimum Gasteiger partial charge on any atom is -0.492 e. The summed E-state index contributed by atoms with van der Waals surface area (Å²) < 4.78 is 7.81. The second-order valence-corrected chi connectivity index (χ2v) is 9.39. The Morgan fingerprint density at radius 3 is 2.69 bits per heavy atom. The predicted molar refractivity (Wildman–Crippen MR) is 111 cm³/mol. The molecule has 0 bridgehead atoms. The van der Waals surface area contributed by atoms with E-state index in [4.69, 9.17) is 9.72 Å². The molecule has 2 aromatic heterocycles. The van der Waals surface area contributed by atoms with Gasteiger partial charge in [0.15, 0.2) is 5.13 Å². The molecule has 3 aromatic rings. The van der Waals surface area contributed by atoms with Gasteiger partial charge in [-0.15, -0.1) is 11.3 Å². The van der Waals surface area contributed by atoms with Crippen molar-refractivity contribution in [3.63, 3.8) is 0 Å². The number of carbonyl (C=O) groups excluding carboxylic acids is 1. The molecule has 0 unspecified atom stereocenters. The average Bonchev–Trinajstić information content (AvgIpc) is 3.28. The van der Waals surface area contributed by atoms with Gasteiger partial charge in [-0.3, -0.25) is 4.79 Å². The number of aromatic nitrogens is 1. The summed E-state index contributed by atoms with van der Waals surface area (Å²) in [6.45, 7) is 5.62. The van der Waals surface area contributed by atoms with Crippen molar-refractivity contribution in [2.75, 3.05) is 37.7 Å². The molecular formula is C18H18BrN3O2S2. The maximum absolute atomic E-state index is 12.6. The number of anilines is 1. The van der Waals surface area contributed by atoms with Crippen LogP contribution in [-0.2, 0) is 0 Å². The normalized spacial score (nSPS) is 14.8. The molecule has 1 fully saturated rings. The summed E-state index contributed by atoms with van der Waals surface area (Å²) in [5.41, 5.74) is 0.927. The third kappa shape index (κ3) is 3.45. The highest BCUT2D eigenvalue weighted by atomic mass is 79.9. The van der Waals surface area contributed by atoms with Gasteiger partial charge in [0, 0.05) is 26.2 Å². The van der Waals surface area contributed by atoms with Crippen molar-refractivity contribution in [2.45, 2.75) is 6.92 Å². The van der Waals surface area contributed by atoms with Crippen LogP contribution in [0.3, 0.4) is 0 Å². The van der Waals surface area contributed by atoms with E-state index >= 15 is 0 Å². The zero-order valence-corrected chi connectivity index (χ0v) is 17.5. The Kier molecular flexibility index (Phi) is 5.15. The molecule has 0 aliphatic carbocycles. The molecule has 4 rings (SSSR count). The van der Waals surface area contributed by atoms with Crippen LogP contribution in [-0.4, -0.2) is 48.6 Å². The van der Waals surface area contributed by atoms with Crippen molar-refractivity contribution in [1.82, 2.24) is 9.88 Å². The van der Waals surface area contributed by atoms with E-state index in [1.165, 1.54) is 11.3 Å². The number of thiophene rings is 1. The highest BCUT2D eigenvalue weighted by Gasteiger charge is 2.25. The van der Waals surface area contributed by atoms with Gasteiger partial charge >= 0.3 is 0 Å². The van der Waals surface area contributed by atoms with Crippen LogP contribution >= 0.6 is 38.6 Å². The number of rotatable bonds is 4. The summed E-state index contributed by atoms with van der Waals surface area (Å²) in [4.78, 5) is 22.3. The van der Waals surface area contributed by atoms with Gasteiger partial charge < -0.3 is 14.5 Å². The fourth-order valence-electron chi connectivity index (χ4n) is 3.00. The van der Waals surface area contributed by atoms with Crippen molar-refractivity contribution in [2.24, 2.45) is 0 Å². The molecule has 136 valence electrons. The van der Waals surface area contributed by atoms with Crippen LogP contribution in [0.15, 0.2) is 34.1 Å². The molecule has 0 saturated carbocycles. The van der Waals surface area contributed by atoms with Gasteiger partial charge in [-0.05, 0) is 47.1 Å². The largest absolute Gasteiger partial charge is 0.492 e. The van der Waals surface area contributed by atoms with Crippen molar-refractivity contribution in [1.29, 1.82) is 0 Å². The van der Waals surface area contributed by atoms with Crippen molar-refractivity contribution >= 4 is 59.9 Å². The molecule has 1 saturated heterocycles. The zero-order valence-electron chi connectivity index (χ0n) is 14.3. The van der Waals surface area contributed by atoms with Crippen LogP contribution in [0.25, 0.3) is 10.2 Å². The van der Waals surface area contributed by atoms with Crippen LogP contribution in [0.5, 0.6) is 5.75 Å². The van der Waals surface area contributed by atoms with Crippen molar-refractivity contribution in [3.8, 4) is 5.75 Å². The molecule has 0 N–H and O–H groups in total. The van der Waals surface area contributed by atoms with Crippen LogP contribution in [0.2, 0.25) is 0 Å². The maximum Gasteiger partial charge on any atom is 0.264 e. The minimum absolute atomic E-state index is 0.114. The van der Waals surface area contributed by atoms with E-state index in [2.05, 4.69) is 26.9 Å². The molecule has 0 spiro atoms. The number of fused-ring (bicyclic) bond motifs is 1. The van der Waals surface area contributed by atoms with E-state index < -0.39 is 0 Å². The van der Waals surface area contributed by atoms with E-state index in [-0.39, 0.29) is 5.91 Å². The number of halogens is 1. The number of piperazine rings is 1. The third-order valence-corrected chi connectivity index (χ3v) is 6.98. The molecule has 1 aliphatic rings. The van der Waals surface area contributed by atoms with E-state index in [9.17, 15) is 4.79 Å². The summed E-state index contributed by atoms with van der Waals surface area (Å²) in [6, 6.07) is 9.85. The Bertz CT molecular complexity index is 932. The van der Waals surface area contributed by atoms with E-state index in [1.54, 1.807) is 11.3 Å². The lowest BCUT2D eigenvalue weighted by Crippen LogP contribution is -2.48.